The number of anilines is 2. The zero-order valence-electron chi connectivity index (χ0n) is 17.2. The van der Waals surface area contributed by atoms with Gasteiger partial charge in [0.1, 0.15) is 11.3 Å². The molecule has 3 rings (SSSR count). The van der Waals surface area contributed by atoms with Gasteiger partial charge < -0.3 is 30.4 Å². The minimum Gasteiger partial charge on any atom is -0.384 e. The summed E-state index contributed by atoms with van der Waals surface area (Å²) in [5.74, 6) is 1.30. The van der Waals surface area contributed by atoms with Crippen molar-refractivity contribution in [3.8, 4) is 0 Å². The Morgan fingerprint density at radius 3 is 2.90 bits per heavy atom. The van der Waals surface area contributed by atoms with Gasteiger partial charge in [-0.25, -0.2) is 14.8 Å². The molecule has 160 valence electrons. The van der Waals surface area contributed by atoms with E-state index >= 15 is 0 Å². The number of urea groups is 1. The maximum Gasteiger partial charge on any atom is 0.319 e. The van der Waals surface area contributed by atoms with Crippen molar-refractivity contribution in [3.05, 3.63) is 42.1 Å². The Balaban J connectivity index is 1.49. The summed E-state index contributed by atoms with van der Waals surface area (Å²) in [7, 11) is 1.66. The molecule has 10 nitrogen and oxygen atoms in total. The minimum absolute atomic E-state index is 0.299. The fourth-order valence-electron chi connectivity index (χ4n) is 3.06. The molecule has 3 aromatic rings. The fourth-order valence-corrected chi connectivity index (χ4v) is 3.06. The van der Waals surface area contributed by atoms with Crippen LogP contribution in [0, 0.1) is 6.92 Å². The Kier molecular flexibility index (Phi) is 7.52. The molecule has 0 saturated heterocycles. The first-order chi connectivity index (χ1) is 14.6. The topological polar surface area (TPSA) is 129 Å². The number of pyridine rings is 2. The van der Waals surface area contributed by atoms with Crippen LogP contribution in [-0.2, 0) is 22.4 Å². The maximum absolute atomic E-state index is 11.8. The Morgan fingerprint density at radius 2 is 2.13 bits per heavy atom. The zero-order chi connectivity index (χ0) is 21.3. The molecular weight excluding hydrogens is 386 g/mol. The number of amides is 2. The molecular formula is C20H27N7O3. The number of nitrogens with one attached hydrogen (secondary N) is 2. The molecule has 0 aromatic carbocycles. The smallest absolute Gasteiger partial charge is 0.319 e. The lowest BCUT2D eigenvalue weighted by Gasteiger charge is -2.11. The van der Waals surface area contributed by atoms with Gasteiger partial charge in [0, 0.05) is 38.5 Å². The van der Waals surface area contributed by atoms with E-state index < -0.39 is 0 Å². The molecule has 30 heavy (non-hydrogen) atoms. The second kappa shape index (κ2) is 10.5. The van der Waals surface area contributed by atoms with Gasteiger partial charge >= 0.3 is 6.03 Å². The number of ether oxygens (including phenoxy) is 2. The lowest BCUT2D eigenvalue weighted by Crippen LogP contribution is -2.31. The number of aromatic nitrogens is 4. The van der Waals surface area contributed by atoms with Crippen LogP contribution in [0.1, 0.15) is 11.5 Å². The molecule has 0 unspecified atom stereocenters. The SMILES string of the molecule is COCCc1nc2c(N)nc(C)cc2n1CCOCCNC(=O)Nc1cccnc1. The molecule has 0 atom stereocenters. The molecule has 10 heteroatoms. The van der Waals surface area contributed by atoms with E-state index in [2.05, 4.69) is 30.2 Å². The summed E-state index contributed by atoms with van der Waals surface area (Å²) < 4.78 is 13.0. The Hall–Kier alpha value is -3.24. The standard InChI is InChI=1S/C20H27N7O3/c1-14-12-16-18(19(21)24-14)26-17(5-9-29-2)27(16)8-11-30-10-7-23-20(28)25-15-4-3-6-22-13-15/h3-4,6,12-13H,5,7-11H2,1-2H3,(H2,21,24)(H2,23,25,28). The summed E-state index contributed by atoms with van der Waals surface area (Å²) in [5, 5.41) is 5.45. The van der Waals surface area contributed by atoms with Crippen LogP contribution in [0.4, 0.5) is 16.3 Å². The predicted molar refractivity (Wildman–Crippen MR) is 114 cm³/mol. The van der Waals surface area contributed by atoms with Gasteiger partial charge in [0.2, 0.25) is 0 Å². The third kappa shape index (κ3) is 5.65. The number of aryl methyl sites for hydroxylation is 1. The highest BCUT2D eigenvalue weighted by Gasteiger charge is 2.14. The van der Waals surface area contributed by atoms with Crippen molar-refractivity contribution >= 4 is 28.6 Å². The van der Waals surface area contributed by atoms with Crippen molar-refractivity contribution in [1.29, 1.82) is 0 Å². The monoisotopic (exact) mass is 413 g/mol. The Bertz CT molecular complexity index is 975. The fraction of sp³-hybridized carbons (Fsp3) is 0.400. The van der Waals surface area contributed by atoms with E-state index in [0.29, 0.717) is 56.4 Å². The van der Waals surface area contributed by atoms with Gasteiger partial charge in [-0.1, -0.05) is 0 Å². The van der Waals surface area contributed by atoms with Gasteiger partial charge in [-0.2, -0.15) is 0 Å². The van der Waals surface area contributed by atoms with Crippen LogP contribution >= 0.6 is 0 Å². The van der Waals surface area contributed by atoms with E-state index in [9.17, 15) is 4.79 Å². The summed E-state index contributed by atoms with van der Waals surface area (Å²) in [4.78, 5) is 24.7. The van der Waals surface area contributed by atoms with Crippen LogP contribution in [0.25, 0.3) is 11.0 Å². The van der Waals surface area contributed by atoms with E-state index in [1.807, 2.05) is 13.0 Å². The molecule has 3 aromatic heterocycles. The molecule has 0 aliphatic heterocycles. The number of imidazole rings is 1. The molecule has 0 bridgehead atoms. The quantitative estimate of drug-likeness (QED) is 0.432. The number of hydrogen-bond acceptors (Lipinski definition) is 7. The molecule has 4 N–H and O–H groups in total. The number of rotatable bonds is 10. The van der Waals surface area contributed by atoms with E-state index in [-0.39, 0.29) is 6.03 Å². The van der Waals surface area contributed by atoms with E-state index in [0.717, 1.165) is 17.0 Å². The van der Waals surface area contributed by atoms with Gasteiger partial charge in [0.05, 0.1) is 37.2 Å². The summed E-state index contributed by atoms with van der Waals surface area (Å²) in [6.45, 7) is 4.33. The van der Waals surface area contributed by atoms with Crippen LogP contribution < -0.4 is 16.4 Å². The lowest BCUT2D eigenvalue weighted by molar-refractivity contribution is 0.128. The summed E-state index contributed by atoms with van der Waals surface area (Å²) >= 11 is 0. The average molecular weight is 413 g/mol. The number of carbonyl (C=O) groups is 1. The van der Waals surface area contributed by atoms with Crippen LogP contribution in [0.5, 0.6) is 0 Å². The van der Waals surface area contributed by atoms with Crippen molar-refractivity contribution in [2.45, 2.75) is 19.9 Å². The summed E-state index contributed by atoms with van der Waals surface area (Å²) in [6, 6.07) is 5.20. The molecule has 3 heterocycles. The molecule has 0 aliphatic carbocycles. The second-order valence-corrected chi connectivity index (χ2v) is 6.67. The van der Waals surface area contributed by atoms with Crippen molar-refractivity contribution < 1.29 is 14.3 Å². The largest absolute Gasteiger partial charge is 0.384 e. The first kappa shape index (κ1) is 21.5. The van der Waals surface area contributed by atoms with E-state index in [1.165, 1.54) is 0 Å². The van der Waals surface area contributed by atoms with Crippen LogP contribution in [0.2, 0.25) is 0 Å². The number of nitrogens with zero attached hydrogens (tertiary/aromatic N) is 4. The van der Waals surface area contributed by atoms with Crippen molar-refractivity contribution in [1.82, 2.24) is 24.8 Å². The van der Waals surface area contributed by atoms with E-state index in [1.54, 1.807) is 31.6 Å². The molecule has 0 radical (unpaired) electrons. The molecule has 0 fully saturated rings. The minimum atomic E-state index is -0.299. The number of hydrogen-bond donors (Lipinski definition) is 3. The van der Waals surface area contributed by atoms with E-state index in [4.69, 9.17) is 15.2 Å². The first-order valence-corrected chi connectivity index (χ1v) is 9.72. The number of methoxy groups -OCH3 is 1. The highest BCUT2D eigenvalue weighted by molar-refractivity contribution is 5.89. The maximum atomic E-state index is 11.8. The van der Waals surface area contributed by atoms with Gasteiger partial charge in [-0.05, 0) is 25.1 Å². The van der Waals surface area contributed by atoms with Crippen molar-refractivity contribution in [2.24, 2.45) is 0 Å². The zero-order valence-corrected chi connectivity index (χ0v) is 17.2. The van der Waals surface area contributed by atoms with Crippen molar-refractivity contribution in [2.75, 3.05) is 44.5 Å². The molecule has 0 aliphatic rings. The Labute approximate surface area is 174 Å². The third-order valence-electron chi connectivity index (χ3n) is 4.41. The van der Waals surface area contributed by atoms with Crippen LogP contribution in [0.15, 0.2) is 30.6 Å². The normalized spacial score (nSPS) is 11.0. The number of carbonyl (C=O) groups excluding carboxylic acids is 1. The second-order valence-electron chi connectivity index (χ2n) is 6.67. The molecule has 0 spiro atoms. The molecule has 0 saturated carbocycles. The number of nitrogens with two attached hydrogens (primary N) is 1. The van der Waals surface area contributed by atoms with Gasteiger partial charge in [0.25, 0.3) is 0 Å². The highest BCUT2D eigenvalue weighted by Crippen LogP contribution is 2.22. The first-order valence-electron chi connectivity index (χ1n) is 9.72. The van der Waals surface area contributed by atoms with Crippen LogP contribution in [0.3, 0.4) is 0 Å². The highest BCUT2D eigenvalue weighted by atomic mass is 16.5. The Morgan fingerprint density at radius 1 is 1.27 bits per heavy atom. The van der Waals surface area contributed by atoms with Gasteiger partial charge in [-0.15, -0.1) is 0 Å². The van der Waals surface area contributed by atoms with Gasteiger partial charge in [0.15, 0.2) is 5.82 Å². The number of nitrogen functional groups attached to an aromatic ring is 1. The average Bonchev–Trinajstić information content (AvgIpc) is 3.07. The summed E-state index contributed by atoms with van der Waals surface area (Å²) in [6.07, 6.45) is 3.89. The number of fused-ring (bicyclic) bond motifs is 1. The third-order valence-corrected chi connectivity index (χ3v) is 4.41. The van der Waals surface area contributed by atoms with Gasteiger partial charge in [-0.3, -0.25) is 4.98 Å². The van der Waals surface area contributed by atoms with Crippen molar-refractivity contribution in [3.63, 3.8) is 0 Å². The predicted octanol–water partition coefficient (Wildman–Crippen LogP) is 1.74. The van der Waals surface area contributed by atoms with Crippen LogP contribution in [-0.4, -0.2) is 59.0 Å². The lowest BCUT2D eigenvalue weighted by atomic mass is 10.3. The molecule has 2 amide bonds. The summed E-state index contributed by atoms with van der Waals surface area (Å²) in [5.41, 5.74) is 9.15.